The van der Waals surface area contributed by atoms with Crippen LogP contribution in [0, 0.1) is 17.1 Å². The third-order valence-electron chi connectivity index (χ3n) is 11.1. The number of rotatable bonds is 20. The van der Waals surface area contributed by atoms with Crippen molar-refractivity contribution in [2.24, 2.45) is 0 Å². The third kappa shape index (κ3) is 9.98. The molecule has 0 N–H and O–H groups in total. The largest absolute Gasteiger partial charge is 0.497 e. The van der Waals surface area contributed by atoms with Gasteiger partial charge in [-0.3, -0.25) is 4.79 Å². The summed E-state index contributed by atoms with van der Waals surface area (Å²) >= 11 is 0. The molecule has 0 aliphatic carbocycles. The summed E-state index contributed by atoms with van der Waals surface area (Å²) in [4.78, 5) is 22.2. The highest BCUT2D eigenvalue weighted by atomic mass is 31.2. The first-order chi connectivity index (χ1) is 30.6. The number of hydrogen-bond donors (Lipinski definition) is 0. The fourth-order valence-corrected chi connectivity index (χ4v) is 9.91. The van der Waals surface area contributed by atoms with Crippen molar-refractivity contribution in [3.8, 4) is 17.6 Å². The topological polar surface area (TPSA) is 130 Å². The number of fused-ring (bicyclic) bond motifs is 1. The Bertz CT molecular complexity index is 2410. The van der Waals surface area contributed by atoms with E-state index < -0.39 is 38.4 Å². The van der Waals surface area contributed by atoms with E-state index in [1.165, 1.54) is 12.5 Å². The van der Waals surface area contributed by atoms with Crippen molar-refractivity contribution in [2.45, 2.75) is 83.1 Å². The van der Waals surface area contributed by atoms with Crippen molar-refractivity contribution in [3.63, 3.8) is 0 Å². The maximum absolute atomic E-state index is 16.2. The van der Waals surface area contributed by atoms with Gasteiger partial charge in [0, 0.05) is 30.3 Å². The van der Waals surface area contributed by atoms with Gasteiger partial charge in [0.05, 0.1) is 63.5 Å². The first kappa shape index (κ1) is 45.4. The molecule has 0 bridgehead atoms. The van der Waals surface area contributed by atoms with E-state index in [0.717, 1.165) is 16.7 Å². The zero-order chi connectivity index (χ0) is 44.5. The third-order valence-corrected chi connectivity index (χ3v) is 13.2. The molecular weight excluding hydrogens is 821 g/mol. The first-order valence-corrected chi connectivity index (χ1v) is 22.2. The van der Waals surface area contributed by atoms with E-state index in [9.17, 15) is 10.1 Å². The van der Waals surface area contributed by atoms with E-state index in [1.807, 2.05) is 84.9 Å². The standard InChI is InChI=1S/C49H53FN5O7P/c1-33(2)55(34(3)4)63(60-27-13-26-51)62-44-29-46(54-30-41(50)47-42(52-32-53-48(47)54)28-43(56)35-14-9-7-10-15-35)61-45(44)31-59-49(36-16-11-8-12-17-36,37-18-22-39(57-5)23-19-37)38-20-24-40(58-6)25-21-38/h7-12,14-25,30,32-34,44-46H,13,27-29,31H2,1-6H3/t44-,45+,46+,63?/m0/s1. The first-order valence-electron chi connectivity index (χ1n) is 21.0. The summed E-state index contributed by atoms with van der Waals surface area (Å²) in [6.45, 7) is 8.51. The van der Waals surface area contributed by atoms with Gasteiger partial charge in [-0.05, 0) is 68.7 Å². The van der Waals surface area contributed by atoms with Crippen LogP contribution in [0.2, 0.25) is 0 Å². The number of nitriles is 1. The van der Waals surface area contributed by atoms with Gasteiger partial charge in [0.25, 0.3) is 8.53 Å². The molecule has 0 radical (unpaired) electrons. The maximum Gasteiger partial charge on any atom is 0.259 e. The maximum atomic E-state index is 16.2. The molecule has 1 aliphatic rings. The Labute approximate surface area is 369 Å². The highest BCUT2D eigenvalue weighted by Crippen LogP contribution is 2.51. The lowest BCUT2D eigenvalue weighted by Crippen LogP contribution is -2.39. The molecule has 2 aromatic heterocycles. The second-order valence-electron chi connectivity index (χ2n) is 15.7. The predicted octanol–water partition coefficient (Wildman–Crippen LogP) is 9.97. The van der Waals surface area contributed by atoms with Gasteiger partial charge < -0.3 is 32.6 Å². The monoisotopic (exact) mass is 873 g/mol. The summed E-state index contributed by atoms with van der Waals surface area (Å²) in [5.41, 5.74) is 2.46. The molecule has 63 heavy (non-hydrogen) atoms. The van der Waals surface area contributed by atoms with Crippen LogP contribution in [0.4, 0.5) is 4.39 Å². The van der Waals surface area contributed by atoms with Gasteiger partial charge >= 0.3 is 0 Å². The van der Waals surface area contributed by atoms with Gasteiger partial charge in [-0.1, -0.05) is 84.9 Å². The van der Waals surface area contributed by atoms with Gasteiger partial charge in [-0.2, -0.15) is 5.26 Å². The van der Waals surface area contributed by atoms with E-state index in [4.69, 9.17) is 28.0 Å². The van der Waals surface area contributed by atoms with Crippen LogP contribution in [0.3, 0.4) is 0 Å². The summed E-state index contributed by atoms with van der Waals surface area (Å²) in [5, 5.41) is 9.58. The number of methoxy groups -OCH3 is 2. The summed E-state index contributed by atoms with van der Waals surface area (Å²) in [5.74, 6) is 0.624. The molecular formula is C49H53FN5O7P. The second-order valence-corrected chi connectivity index (χ2v) is 17.1. The molecule has 1 unspecified atom stereocenters. The van der Waals surface area contributed by atoms with Crippen molar-refractivity contribution in [1.82, 2.24) is 19.2 Å². The van der Waals surface area contributed by atoms with Crippen LogP contribution in [0.5, 0.6) is 11.5 Å². The van der Waals surface area contributed by atoms with Gasteiger partial charge in [0.1, 0.15) is 41.4 Å². The van der Waals surface area contributed by atoms with E-state index in [2.05, 4.69) is 48.4 Å². The lowest BCUT2D eigenvalue weighted by atomic mass is 9.80. The number of carbonyl (C=O) groups is 1. The molecule has 1 saturated heterocycles. The number of Topliss-reactive ketones (excluding diaryl/α,β-unsaturated/α-hetero) is 1. The minimum absolute atomic E-state index is 0.0202. The zero-order valence-electron chi connectivity index (χ0n) is 36.4. The Morgan fingerprint density at radius 1 is 0.889 bits per heavy atom. The minimum Gasteiger partial charge on any atom is -0.497 e. The lowest BCUT2D eigenvalue weighted by Gasteiger charge is -2.39. The van der Waals surface area contributed by atoms with Crippen molar-refractivity contribution in [3.05, 3.63) is 155 Å². The highest BCUT2D eigenvalue weighted by Gasteiger charge is 2.45. The number of nitrogens with zero attached hydrogens (tertiary/aromatic N) is 5. The second kappa shape index (κ2) is 20.7. The number of ether oxygens (including phenoxy) is 4. The van der Waals surface area contributed by atoms with E-state index >= 15 is 4.39 Å². The lowest BCUT2D eigenvalue weighted by molar-refractivity contribution is -0.0911. The molecule has 0 amide bonds. The molecule has 7 rings (SSSR count). The van der Waals surface area contributed by atoms with Gasteiger partial charge in [0.2, 0.25) is 0 Å². The van der Waals surface area contributed by atoms with E-state index in [1.54, 1.807) is 43.1 Å². The Balaban J connectivity index is 1.30. The fraction of sp³-hybridized carbons (Fsp3) is 0.347. The van der Waals surface area contributed by atoms with E-state index in [-0.39, 0.29) is 67.1 Å². The van der Waals surface area contributed by atoms with Gasteiger partial charge in [-0.15, -0.1) is 0 Å². The average Bonchev–Trinajstić information content (AvgIpc) is 3.87. The van der Waals surface area contributed by atoms with Crippen LogP contribution in [-0.2, 0) is 30.5 Å². The number of ketones is 1. The molecule has 3 heterocycles. The van der Waals surface area contributed by atoms with Crippen LogP contribution in [0.25, 0.3) is 11.0 Å². The molecule has 12 nitrogen and oxygen atoms in total. The molecule has 14 heteroatoms. The van der Waals surface area contributed by atoms with E-state index in [0.29, 0.717) is 17.1 Å². The van der Waals surface area contributed by atoms with Crippen LogP contribution in [-0.4, -0.2) is 76.7 Å². The fourth-order valence-electron chi connectivity index (χ4n) is 8.16. The molecule has 1 aliphatic heterocycles. The molecule has 0 spiro atoms. The Morgan fingerprint density at radius 3 is 2.05 bits per heavy atom. The number of hydrogen-bond acceptors (Lipinski definition) is 11. The molecule has 0 saturated carbocycles. The number of aromatic nitrogens is 3. The van der Waals surface area contributed by atoms with Crippen LogP contribution >= 0.6 is 8.53 Å². The number of carbonyl (C=O) groups excluding carboxylic acids is 1. The number of halogens is 1. The summed E-state index contributed by atoms with van der Waals surface area (Å²) < 4.78 is 58.8. The molecule has 4 atom stereocenters. The van der Waals surface area contributed by atoms with Gasteiger partial charge in [-0.25, -0.2) is 19.0 Å². The Kier molecular flexibility index (Phi) is 15.0. The van der Waals surface area contributed by atoms with Crippen molar-refractivity contribution >= 4 is 25.3 Å². The highest BCUT2D eigenvalue weighted by molar-refractivity contribution is 7.44. The van der Waals surface area contributed by atoms with Crippen molar-refractivity contribution in [1.29, 1.82) is 5.26 Å². The zero-order valence-corrected chi connectivity index (χ0v) is 37.3. The normalized spacial score (nSPS) is 17.1. The minimum atomic E-state index is -1.72. The van der Waals surface area contributed by atoms with Crippen LogP contribution < -0.4 is 9.47 Å². The van der Waals surface area contributed by atoms with Crippen LogP contribution in [0.15, 0.2) is 122 Å². The molecule has 1 fully saturated rings. The Hall–Kier alpha value is -5.58. The van der Waals surface area contributed by atoms with Crippen LogP contribution in [0.1, 0.15) is 79.5 Å². The molecule has 4 aromatic carbocycles. The quantitative estimate of drug-likeness (QED) is 0.0315. The SMILES string of the molecule is COc1ccc(C(OC[C@H]2O[C@@H](n3cc(F)c4c(CC(=O)c5ccccc5)ncnc43)C[C@@H]2OP(OCCC#N)N(C(C)C)C(C)C)(c2ccccc2)c2ccc(OC)cc2)cc1. The Morgan fingerprint density at radius 2 is 1.48 bits per heavy atom. The van der Waals surface area contributed by atoms with Gasteiger partial charge in [0.15, 0.2) is 11.6 Å². The molecule has 328 valence electrons. The predicted molar refractivity (Wildman–Crippen MR) is 239 cm³/mol. The van der Waals surface area contributed by atoms with Crippen molar-refractivity contribution in [2.75, 3.05) is 27.4 Å². The number of benzene rings is 4. The van der Waals surface area contributed by atoms with Crippen molar-refractivity contribution < 1.29 is 37.2 Å². The average molecular weight is 874 g/mol. The summed E-state index contributed by atoms with van der Waals surface area (Å²) in [7, 11) is 1.54. The molecule has 6 aromatic rings. The smallest absolute Gasteiger partial charge is 0.259 e. The summed E-state index contributed by atoms with van der Waals surface area (Å²) in [6.07, 6.45) is 0.928. The summed E-state index contributed by atoms with van der Waals surface area (Å²) in [6, 6.07) is 36.7.